The van der Waals surface area contributed by atoms with Gasteiger partial charge in [-0.1, -0.05) is 0 Å². The predicted octanol–water partition coefficient (Wildman–Crippen LogP) is 1.01. The average molecular weight is 240 g/mol. The SMILES string of the molecule is CSc1ncccc1C(=O)NCCC(=O)O. The van der Waals surface area contributed by atoms with Crippen LogP contribution >= 0.6 is 11.8 Å². The maximum absolute atomic E-state index is 11.6. The van der Waals surface area contributed by atoms with Crippen LogP contribution in [0.25, 0.3) is 0 Å². The van der Waals surface area contributed by atoms with Crippen LogP contribution in [0, 0.1) is 0 Å². The van der Waals surface area contributed by atoms with Gasteiger partial charge in [0.1, 0.15) is 5.03 Å². The highest BCUT2D eigenvalue weighted by molar-refractivity contribution is 7.98. The van der Waals surface area contributed by atoms with Gasteiger partial charge in [-0.2, -0.15) is 0 Å². The molecular weight excluding hydrogens is 228 g/mol. The van der Waals surface area contributed by atoms with Crippen LogP contribution in [0.15, 0.2) is 23.4 Å². The Kier molecular flexibility index (Phi) is 4.78. The van der Waals surface area contributed by atoms with Crippen molar-refractivity contribution in [1.82, 2.24) is 10.3 Å². The zero-order valence-corrected chi connectivity index (χ0v) is 9.58. The summed E-state index contributed by atoms with van der Waals surface area (Å²) in [6.45, 7) is 0.122. The minimum Gasteiger partial charge on any atom is -0.481 e. The normalized spacial score (nSPS) is 9.81. The molecule has 0 saturated carbocycles. The summed E-state index contributed by atoms with van der Waals surface area (Å²) < 4.78 is 0. The van der Waals surface area contributed by atoms with E-state index in [9.17, 15) is 9.59 Å². The van der Waals surface area contributed by atoms with Crippen LogP contribution in [-0.2, 0) is 4.79 Å². The number of hydrogen-bond acceptors (Lipinski definition) is 4. The van der Waals surface area contributed by atoms with E-state index in [0.29, 0.717) is 10.6 Å². The van der Waals surface area contributed by atoms with Crippen LogP contribution in [0.3, 0.4) is 0 Å². The van der Waals surface area contributed by atoms with Gasteiger partial charge in [0.25, 0.3) is 5.91 Å². The summed E-state index contributed by atoms with van der Waals surface area (Å²) in [5, 5.41) is 11.6. The Bertz CT molecular complexity index is 395. The first kappa shape index (κ1) is 12.5. The molecule has 0 bridgehead atoms. The second-order valence-corrected chi connectivity index (χ2v) is 3.75. The molecule has 86 valence electrons. The highest BCUT2D eigenvalue weighted by atomic mass is 32.2. The minimum atomic E-state index is -0.934. The first-order valence-corrected chi connectivity index (χ1v) is 5.86. The first-order chi connectivity index (χ1) is 7.65. The summed E-state index contributed by atoms with van der Waals surface area (Å²) in [6.07, 6.45) is 3.36. The molecule has 0 radical (unpaired) electrons. The lowest BCUT2D eigenvalue weighted by atomic mass is 10.2. The number of hydrogen-bond donors (Lipinski definition) is 2. The Labute approximate surface area is 97.3 Å². The van der Waals surface area contributed by atoms with Crippen LogP contribution in [0.1, 0.15) is 16.8 Å². The number of carbonyl (C=O) groups is 2. The molecule has 1 aromatic heterocycles. The van der Waals surface area contributed by atoms with E-state index in [0.717, 1.165) is 0 Å². The number of amides is 1. The molecule has 1 rings (SSSR count). The van der Waals surface area contributed by atoms with Crippen molar-refractivity contribution in [2.24, 2.45) is 0 Å². The van der Waals surface area contributed by atoms with Crippen molar-refractivity contribution in [3.05, 3.63) is 23.9 Å². The third-order valence-corrected chi connectivity index (χ3v) is 2.55. The number of carbonyl (C=O) groups excluding carboxylic acids is 1. The molecule has 0 aromatic carbocycles. The van der Waals surface area contributed by atoms with E-state index in [-0.39, 0.29) is 18.9 Å². The Morgan fingerprint density at radius 3 is 2.94 bits per heavy atom. The number of aromatic nitrogens is 1. The second kappa shape index (κ2) is 6.12. The maximum Gasteiger partial charge on any atom is 0.305 e. The number of carboxylic acids is 1. The quantitative estimate of drug-likeness (QED) is 0.751. The third kappa shape index (κ3) is 3.54. The number of thioether (sulfide) groups is 1. The molecule has 1 heterocycles. The molecule has 0 aliphatic heterocycles. The van der Waals surface area contributed by atoms with E-state index in [1.807, 2.05) is 6.26 Å². The average Bonchev–Trinajstić information content (AvgIpc) is 2.28. The largest absolute Gasteiger partial charge is 0.481 e. The Morgan fingerprint density at radius 2 is 2.31 bits per heavy atom. The van der Waals surface area contributed by atoms with Crippen molar-refractivity contribution in [3.8, 4) is 0 Å². The standard InChI is InChI=1S/C10H12N2O3S/c1-16-10-7(3-2-5-12-10)9(15)11-6-4-8(13)14/h2-3,5H,4,6H2,1H3,(H,11,15)(H,13,14). The molecule has 1 aromatic rings. The molecule has 0 aliphatic rings. The lowest BCUT2D eigenvalue weighted by molar-refractivity contribution is -0.136. The highest BCUT2D eigenvalue weighted by Crippen LogP contribution is 2.16. The Hall–Kier alpha value is -1.56. The van der Waals surface area contributed by atoms with Gasteiger partial charge in [0.15, 0.2) is 0 Å². The number of rotatable bonds is 5. The summed E-state index contributed by atoms with van der Waals surface area (Å²) in [4.78, 5) is 26.0. The van der Waals surface area contributed by atoms with Gasteiger partial charge in [-0.3, -0.25) is 9.59 Å². The van der Waals surface area contributed by atoms with E-state index in [1.165, 1.54) is 11.8 Å². The summed E-state index contributed by atoms with van der Waals surface area (Å²) in [5.41, 5.74) is 0.473. The van der Waals surface area contributed by atoms with Gasteiger partial charge in [0.2, 0.25) is 0 Å². The summed E-state index contributed by atoms with van der Waals surface area (Å²) in [7, 11) is 0. The second-order valence-electron chi connectivity index (χ2n) is 2.96. The van der Waals surface area contributed by atoms with Gasteiger partial charge < -0.3 is 10.4 Å². The van der Waals surface area contributed by atoms with E-state index in [1.54, 1.807) is 18.3 Å². The van der Waals surface area contributed by atoms with Crippen LogP contribution in [0.2, 0.25) is 0 Å². The maximum atomic E-state index is 11.6. The molecule has 2 N–H and O–H groups in total. The van der Waals surface area contributed by atoms with Crippen molar-refractivity contribution >= 4 is 23.6 Å². The number of pyridine rings is 1. The van der Waals surface area contributed by atoms with Crippen molar-refractivity contribution in [3.63, 3.8) is 0 Å². The van der Waals surface area contributed by atoms with Gasteiger partial charge in [0, 0.05) is 12.7 Å². The van der Waals surface area contributed by atoms with Crippen molar-refractivity contribution in [2.75, 3.05) is 12.8 Å². The van der Waals surface area contributed by atoms with Crippen LogP contribution < -0.4 is 5.32 Å². The van der Waals surface area contributed by atoms with E-state index in [2.05, 4.69) is 10.3 Å². The third-order valence-electron chi connectivity index (χ3n) is 1.83. The monoisotopic (exact) mass is 240 g/mol. The molecular formula is C10H12N2O3S. The number of carboxylic acid groups (broad SMARTS) is 1. The smallest absolute Gasteiger partial charge is 0.305 e. The lowest BCUT2D eigenvalue weighted by Crippen LogP contribution is -2.26. The predicted molar refractivity (Wildman–Crippen MR) is 60.6 cm³/mol. The van der Waals surface area contributed by atoms with Gasteiger partial charge in [-0.15, -0.1) is 11.8 Å². The summed E-state index contributed by atoms with van der Waals surface area (Å²) in [5.74, 6) is -1.23. The van der Waals surface area contributed by atoms with Gasteiger partial charge >= 0.3 is 5.97 Å². The highest BCUT2D eigenvalue weighted by Gasteiger charge is 2.11. The van der Waals surface area contributed by atoms with Gasteiger partial charge in [0.05, 0.1) is 12.0 Å². The molecule has 0 saturated heterocycles. The molecule has 0 atom stereocenters. The Morgan fingerprint density at radius 1 is 1.56 bits per heavy atom. The van der Waals surface area contributed by atoms with E-state index >= 15 is 0 Å². The zero-order chi connectivity index (χ0) is 12.0. The fourth-order valence-electron chi connectivity index (χ4n) is 1.10. The summed E-state index contributed by atoms with van der Waals surface area (Å²) >= 11 is 1.38. The van der Waals surface area contributed by atoms with Gasteiger partial charge in [-0.05, 0) is 18.4 Å². The van der Waals surface area contributed by atoms with Crippen molar-refractivity contribution < 1.29 is 14.7 Å². The van der Waals surface area contributed by atoms with E-state index < -0.39 is 5.97 Å². The van der Waals surface area contributed by atoms with Gasteiger partial charge in [-0.25, -0.2) is 4.98 Å². The number of aliphatic carboxylic acids is 1. The molecule has 0 unspecified atom stereocenters. The van der Waals surface area contributed by atoms with Crippen LogP contribution in [0.4, 0.5) is 0 Å². The topological polar surface area (TPSA) is 79.3 Å². The first-order valence-electron chi connectivity index (χ1n) is 4.64. The van der Waals surface area contributed by atoms with Crippen molar-refractivity contribution in [2.45, 2.75) is 11.4 Å². The molecule has 1 amide bonds. The summed E-state index contributed by atoms with van der Waals surface area (Å²) in [6, 6.07) is 3.33. The zero-order valence-electron chi connectivity index (χ0n) is 8.77. The molecule has 16 heavy (non-hydrogen) atoms. The van der Waals surface area contributed by atoms with E-state index in [4.69, 9.17) is 5.11 Å². The van der Waals surface area contributed by atoms with Crippen LogP contribution in [0.5, 0.6) is 0 Å². The number of nitrogens with zero attached hydrogens (tertiary/aromatic N) is 1. The van der Waals surface area contributed by atoms with Crippen LogP contribution in [-0.4, -0.2) is 34.8 Å². The molecule has 6 heteroatoms. The molecule has 0 fully saturated rings. The minimum absolute atomic E-state index is 0.0827. The fourth-order valence-corrected chi connectivity index (χ4v) is 1.65. The van der Waals surface area contributed by atoms with Crippen molar-refractivity contribution in [1.29, 1.82) is 0 Å². The number of nitrogens with one attached hydrogen (secondary N) is 1. The molecule has 5 nitrogen and oxygen atoms in total. The molecule has 0 aliphatic carbocycles. The Balaban J connectivity index is 2.62. The lowest BCUT2D eigenvalue weighted by Gasteiger charge is -2.06. The molecule has 0 spiro atoms. The fraction of sp³-hybridized carbons (Fsp3) is 0.300.